The molecule has 0 saturated heterocycles. The number of Topliss-reactive ketones (excluding diaryl/α,β-unsaturated/α-hetero) is 2. The lowest BCUT2D eigenvalue weighted by atomic mass is 9.88. The Balaban J connectivity index is 3.61. The van der Waals surface area contributed by atoms with Crippen LogP contribution in [0.15, 0.2) is 0 Å². The maximum absolute atomic E-state index is 14.3. The molecule has 13 heteroatoms. The third-order valence-corrected chi connectivity index (χ3v) is 4.71. The first kappa shape index (κ1) is 23.6. The van der Waals surface area contributed by atoms with Gasteiger partial charge in [-0.1, -0.05) is 0 Å². The molecule has 0 aromatic carbocycles. The molecular weight excluding hydrogens is 420 g/mol. The van der Waals surface area contributed by atoms with Crippen molar-refractivity contribution in [1.29, 1.82) is 0 Å². The SMILES string of the molecule is CCOC(=O)[C@H]1[C@@H](C(F)(F)C(F)(F)C(F)(F)C(F)(F)Cl)C1(C(C)=O)C(C)=O. The predicted octanol–water partition coefficient (Wildman–Crippen LogP) is 3.70. The number of alkyl halides is 9. The van der Waals surface area contributed by atoms with Gasteiger partial charge in [0.1, 0.15) is 17.0 Å². The van der Waals surface area contributed by atoms with Gasteiger partial charge in [-0.25, -0.2) is 0 Å². The van der Waals surface area contributed by atoms with Crippen LogP contribution in [0, 0.1) is 17.3 Å². The quantitative estimate of drug-likeness (QED) is 0.254. The van der Waals surface area contributed by atoms with Crippen molar-refractivity contribution in [3.63, 3.8) is 0 Å². The van der Waals surface area contributed by atoms with Crippen molar-refractivity contribution in [1.82, 2.24) is 0 Å². The minimum atomic E-state index is -6.81. The van der Waals surface area contributed by atoms with Crippen molar-refractivity contribution >= 4 is 29.1 Å². The number of esters is 1. The van der Waals surface area contributed by atoms with Crippen molar-refractivity contribution in [3.05, 3.63) is 0 Å². The summed E-state index contributed by atoms with van der Waals surface area (Å²) in [6, 6.07) is 0. The second-order valence-corrected chi connectivity index (χ2v) is 6.43. The van der Waals surface area contributed by atoms with Gasteiger partial charge in [0.15, 0.2) is 0 Å². The number of hydrogen-bond acceptors (Lipinski definition) is 4. The first-order valence-corrected chi connectivity index (χ1v) is 7.63. The molecule has 0 aromatic heterocycles. The van der Waals surface area contributed by atoms with E-state index < -0.39 is 64.5 Å². The maximum atomic E-state index is 14.3. The van der Waals surface area contributed by atoms with Gasteiger partial charge in [0.25, 0.3) is 0 Å². The molecule has 1 saturated carbocycles. The number of carbonyl (C=O) groups is 3. The fourth-order valence-electron chi connectivity index (χ4n) is 3.14. The second kappa shape index (κ2) is 6.56. The Morgan fingerprint density at radius 2 is 1.33 bits per heavy atom. The summed E-state index contributed by atoms with van der Waals surface area (Å²) in [7, 11) is 0. The Bertz CT molecular complexity index is 644. The summed E-state index contributed by atoms with van der Waals surface area (Å²) in [6.07, 6.45) is 0. The van der Waals surface area contributed by atoms with Crippen molar-refractivity contribution in [2.45, 2.75) is 43.9 Å². The number of hydrogen-bond donors (Lipinski definition) is 0. The van der Waals surface area contributed by atoms with Crippen LogP contribution in [0.5, 0.6) is 0 Å². The Hall–Kier alpha value is -1.46. The zero-order valence-electron chi connectivity index (χ0n) is 13.9. The van der Waals surface area contributed by atoms with Crippen LogP contribution < -0.4 is 0 Å². The van der Waals surface area contributed by atoms with Gasteiger partial charge in [0.05, 0.1) is 18.4 Å². The summed E-state index contributed by atoms with van der Waals surface area (Å²) in [5.74, 6) is -30.3. The van der Waals surface area contributed by atoms with E-state index in [-0.39, 0.29) is 0 Å². The molecule has 1 rings (SSSR count). The highest BCUT2D eigenvalue weighted by Gasteiger charge is 2.91. The fraction of sp³-hybridized carbons (Fsp3) is 0.786. The van der Waals surface area contributed by atoms with Gasteiger partial charge in [0, 0.05) is 0 Å². The lowest BCUT2D eigenvalue weighted by molar-refractivity contribution is -0.354. The number of rotatable bonds is 8. The van der Waals surface area contributed by atoms with Crippen LogP contribution in [0.4, 0.5) is 35.1 Å². The molecule has 0 bridgehead atoms. The minimum absolute atomic E-state index is 0.480. The van der Waals surface area contributed by atoms with Gasteiger partial charge < -0.3 is 4.74 Å². The van der Waals surface area contributed by atoms with E-state index in [1.54, 1.807) is 0 Å². The zero-order chi connectivity index (χ0) is 21.8. The molecular formula is C14H13ClF8O4. The molecule has 0 aliphatic heterocycles. The van der Waals surface area contributed by atoms with Gasteiger partial charge >= 0.3 is 29.1 Å². The van der Waals surface area contributed by atoms with Gasteiger partial charge in [-0.15, -0.1) is 0 Å². The largest absolute Gasteiger partial charge is 0.466 e. The topological polar surface area (TPSA) is 60.4 Å². The highest BCUT2D eigenvalue weighted by Crippen LogP contribution is 2.71. The summed E-state index contributed by atoms with van der Waals surface area (Å²) < 4.78 is 113. The van der Waals surface area contributed by atoms with Crippen LogP contribution in [0.2, 0.25) is 0 Å². The molecule has 0 spiro atoms. The van der Waals surface area contributed by atoms with Gasteiger partial charge in [-0.2, -0.15) is 35.1 Å². The third kappa shape index (κ3) is 2.99. The Morgan fingerprint density at radius 3 is 1.63 bits per heavy atom. The lowest BCUT2D eigenvalue weighted by Crippen LogP contribution is -2.62. The van der Waals surface area contributed by atoms with E-state index in [1.165, 1.54) is 6.92 Å². The van der Waals surface area contributed by atoms with Crippen LogP contribution in [0.1, 0.15) is 20.8 Å². The summed E-state index contributed by atoms with van der Waals surface area (Å²) >= 11 is 3.86. The molecule has 27 heavy (non-hydrogen) atoms. The van der Waals surface area contributed by atoms with Crippen LogP contribution in [0.3, 0.4) is 0 Å². The molecule has 0 N–H and O–H groups in total. The molecule has 2 atom stereocenters. The molecule has 0 radical (unpaired) electrons. The molecule has 0 unspecified atom stereocenters. The molecule has 1 fully saturated rings. The van der Waals surface area contributed by atoms with Crippen molar-refractivity contribution in [2.24, 2.45) is 17.3 Å². The van der Waals surface area contributed by atoms with E-state index in [4.69, 9.17) is 0 Å². The van der Waals surface area contributed by atoms with E-state index in [9.17, 15) is 49.5 Å². The average Bonchev–Trinajstić information content (AvgIpc) is 3.18. The summed E-state index contributed by atoms with van der Waals surface area (Å²) in [6.45, 7) is 1.69. The third-order valence-electron chi connectivity index (χ3n) is 4.47. The Kier molecular flexibility index (Phi) is 5.73. The van der Waals surface area contributed by atoms with E-state index in [0.717, 1.165) is 0 Å². The fourth-order valence-corrected chi connectivity index (χ4v) is 3.26. The molecule has 0 heterocycles. The van der Waals surface area contributed by atoms with Gasteiger partial charge in [0.2, 0.25) is 0 Å². The number of ketones is 2. The van der Waals surface area contributed by atoms with Crippen molar-refractivity contribution in [2.75, 3.05) is 6.61 Å². The van der Waals surface area contributed by atoms with Crippen molar-refractivity contribution < 1.29 is 54.2 Å². The summed E-state index contributed by atoms with van der Waals surface area (Å²) in [5.41, 5.74) is -3.11. The molecule has 0 amide bonds. The van der Waals surface area contributed by atoms with Crippen molar-refractivity contribution in [3.8, 4) is 0 Å². The highest BCUT2D eigenvalue weighted by molar-refractivity contribution is 6.22. The van der Waals surface area contributed by atoms with E-state index in [0.29, 0.717) is 13.8 Å². The number of halogens is 9. The van der Waals surface area contributed by atoms with E-state index in [1.807, 2.05) is 0 Å². The van der Waals surface area contributed by atoms with E-state index in [2.05, 4.69) is 16.3 Å². The first-order chi connectivity index (χ1) is 11.9. The zero-order valence-corrected chi connectivity index (χ0v) is 14.7. The summed E-state index contributed by atoms with van der Waals surface area (Å²) in [5, 5.41) is -6.09. The molecule has 1 aliphatic rings. The lowest BCUT2D eigenvalue weighted by Gasteiger charge is -2.35. The predicted molar refractivity (Wildman–Crippen MR) is 73.0 cm³/mol. The number of ether oxygens (including phenoxy) is 1. The minimum Gasteiger partial charge on any atom is -0.466 e. The molecule has 156 valence electrons. The first-order valence-electron chi connectivity index (χ1n) is 7.25. The van der Waals surface area contributed by atoms with Crippen LogP contribution in [-0.2, 0) is 19.1 Å². The monoisotopic (exact) mass is 432 g/mol. The van der Waals surface area contributed by atoms with Crippen LogP contribution in [0.25, 0.3) is 0 Å². The van der Waals surface area contributed by atoms with Crippen LogP contribution in [-0.4, -0.2) is 47.3 Å². The Morgan fingerprint density at radius 1 is 0.926 bits per heavy atom. The highest BCUT2D eigenvalue weighted by atomic mass is 35.5. The average molecular weight is 433 g/mol. The summed E-state index contributed by atoms with van der Waals surface area (Å²) in [4.78, 5) is 35.3. The standard InChI is InChI=1S/C14H13ClF8O4/c1-4-27-9(26)7-8(10(7,5(2)24)6(3)25)11(16,17)12(18,19)13(20,21)14(15,22)23/h7-8H,4H2,1-3H3/t7-,8-/m1/s1. The molecule has 4 nitrogen and oxygen atoms in total. The van der Waals surface area contributed by atoms with Crippen LogP contribution >= 0.6 is 11.6 Å². The second-order valence-electron chi connectivity index (χ2n) is 5.96. The van der Waals surface area contributed by atoms with E-state index >= 15 is 0 Å². The maximum Gasteiger partial charge on any atom is 0.392 e. The Labute approximate surface area is 152 Å². The normalized spacial score (nSPS) is 23.0. The van der Waals surface area contributed by atoms with Gasteiger partial charge in [-0.05, 0) is 32.4 Å². The van der Waals surface area contributed by atoms with Gasteiger partial charge in [-0.3, -0.25) is 14.4 Å². The molecule has 1 aliphatic carbocycles. The molecule has 0 aromatic rings. The smallest absolute Gasteiger partial charge is 0.392 e. The number of carbonyl (C=O) groups excluding carboxylic acids is 3.